The van der Waals surface area contributed by atoms with Crippen LogP contribution in [0.3, 0.4) is 0 Å². The normalized spacial score (nSPS) is 18.5. The molecule has 3 rings (SSSR count). The number of amides is 1. The summed E-state index contributed by atoms with van der Waals surface area (Å²) in [7, 11) is 1.69. The van der Waals surface area contributed by atoms with Gasteiger partial charge in [0.25, 0.3) is 0 Å². The summed E-state index contributed by atoms with van der Waals surface area (Å²) in [6, 6.07) is 5.74. The van der Waals surface area contributed by atoms with Gasteiger partial charge in [0, 0.05) is 26.3 Å². The molecule has 0 aliphatic carbocycles. The number of anilines is 1. The fraction of sp³-hybridized carbons (Fsp3) is 0.429. The maximum absolute atomic E-state index is 11.8. The number of carbonyl (C=O) groups excluding carboxylic acids is 1. The van der Waals surface area contributed by atoms with Gasteiger partial charge in [0.1, 0.15) is 5.69 Å². The molecule has 110 valence electrons. The van der Waals surface area contributed by atoms with Crippen LogP contribution in [0, 0.1) is 5.92 Å². The highest BCUT2D eigenvalue weighted by Crippen LogP contribution is 2.30. The van der Waals surface area contributed by atoms with Crippen LogP contribution in [0.25, 0.3) is 10.7 Å². The van der Waals surface area contributed by atoms with Crippen molar-refractivity contribution in [3.8, 4) is 10.7 Å². The van der Waals surface area contributed by atoms with Gasteiger partial charge >= 0.3 is 0 Å². The maximum atomic E-state index is 11.8. The zero-order valence-electron chi connectivity index (χ0n) is 11.8. The van der Waals surface area contributed by atoms with Crippen LogP contribution < -0.4 is 10.2 Å². The minimum absolute atomic E-state index is 0.0333. The highest BCUT2D eigenvalue weighted by Gasteiger charge is 2.27. The maximum Gasteiger partial charge on any atom is 0.224 e. The van der Waals surface area contributed by atoms with E-state index in [0.717, 1.165) is 35.2 Å². The van der Waals surface area contributed by atoms with Crippen molar-refractivity contribution in [2.45, 2.75) is 12.8 Å². The summed E-state index contributed by atoms with van der Waals surface area (Å²) in [5.41, 5.74) is 0.834. The van der Waals surface area contributed by atoms with Crippen LogP contribution in [-0.4, -0.2) is 41.2 Å². The van der Waals surface area contributed by atoms with Gasteiger partial charge in [-0.2, -0.15) is 0 Å². The van der Waals surface area contributed by atoms with E-state index in [2.05, 4.69) is 25.4 Å². The molecular formula is C14H17N5OS. The Morgan fingerprint density at radius 2 is 2.33 bits per heavy atom. The van der Waals surface area contributed by atoms with Gasteiger partial charge in [-0.3, -0.25) is 9.78 Å². The van der Waals surface area contributed by atoms with Crippen LogP contribution in [0.15, 0.2) is 24.4 Å². The SMILES string of the molecule is CNC(=O)C1CCCN(c2nnc(-c3ccccn3)s2)C1. The Hall–Kier alpha value is -2.02. The molecule has 3 heterocycles. The van der Waals surface area contributed by atoms with Crippen LogP contribution >= 0.6 is 11.3 Å². The van der Waals surface area contributed by atoms with Gasteiger partial charge in [0.05, 0.1) is 5.92 Å². The molecule has 0 radical (unpaired) electrons. The van der Waals surface area contributed by atoms with Gasteiger partial charge in [-0.05, 0) is 25.0 Å². The fourth-order valence-electron chi connectivity index (χ4n) is 2.51. The molecule has 1 saturated heterocycles. The van der Waals surface area contributed by atoms with Gasteiger partial charge < -0.3 is 10.2 Å². The lowest BCUT2D eigenvalue weighted by atomic mass is 9.98. The molecule has 1 N–H and O–H groups in total. The van der Waals surface area contributed by atoms with Crippen molar-refractivity contribution in [3.63, 3.8) is 0 Å². The van der Waals surface area contributed by atoms with Crippen LogP contribution in [-0.2, 0) is 4.79 Å². The van der Waals surface area contributed by atoms with Crippen molar-refractivity contribution in [1.29, 1.82) is 0 Å². The monoisotopic (exact) mass is 303 g/mol. The van der Waals surface area contributed by atoms with E-state index < -0.39 is 0 Å². The number of aromatic nitrogens is 3. The molecule has 0 aromatic carbocycles. The molecular weight excluding hydrogens is 286 g/mol. The molecule has 2 aromatic heterocycles. The van der Waals surface area contributed by atoms with Gasteiger partial charge in [0.2, 0.25) is 11.0 Å². The molecule has 1 atom stereocenters. The van der Waals surface area contributed by atoms with E-state index in [1.54, 1.807) is 13.2 Å². The topological polar surface area (TPSA) is 71.0 Å². The molecule has 1 amide bonds. The minimum Gasteiger partial charge on any atom is -0.359 e. The molecule has 2 aromatic rings. The third-order valence-electron chi connectivity index (χ3n) is 3.61. The van der Waals surface area contributed by atoms with Gasteiger partial charge in [0.15, 0.2) is 5.01 Å². The second kappa shape index (κ2) is 6.17. The zero-order valence-corrected chi connectivity index (χ0v) is 12.6. The van der Waals surface area contributed by atoms with Crippen molar-refractivity contribution in [3.05, 3.63) is 24.4 Å². The molecule has 0 spiro atoms. The number of pyridine rings is 1. The third kappa shape index (κ3) is 3.02. The predicted molar refractivity (Wildman–Crippen MR) is 82.1 cm³/mol. The smallest absolute Gasteiger partial charge is 0.224 e. The lowest BCUT2D eigenvalue weighted by Crippen LogP contribution is -2.42. The lowest BCUT2D eigenvalue weighted by Gasteiger charge is -2.31. The number of nitrogens with zero attached hydrogens (tertiary/aromatic N) is 4. The van der Waals surface area contributed by atoms with Crippen LogP contribution in [0.5, 0.6) is 0 Å². The van der Waals surface area contributed by atoms with Crippen molar-refractivity contribution in [2.75, 3.05) is 25.0 Å². The molecule has 1 unspecified atom stereocenters. The van der Waals surface area contributed by atoms with Crippen LogP contribution in [0.1, 0.15) is 12.8 Å². The lowest BCUT2D eigenvalue weighted by molar-refractivity contribution is -0.124. The number of hydrogen-bond donors (Lipinski definition) is 1. The molecule has 0 saturated carbocycles. The Morgan fingerprint density at radius 1 is 1.43 bits per heavy atom. The van der Waals surface area contributed by atoms with E-state index in [4.69, 9.17) is 0 Å². The van der Waals surface area contributed by atoms with Crippen LogP contribution in [0.4, 0.5) is 5.13 Å². The van der Waals surface area contributed by atoms with E-state index in [1.165, 1.54) is 11.3 Å². The van der Waals surface area contributed by atoms with Gasteiger partial charge in [-0.15, -0.1) is 10.2 Å². The molecule has 7 heteroatoms. The molecule has 6 nitrogen and oxygen atoms in total. The number of nitrogens with one attached hydrogen (secondary N) is 1. The molecule has 1 fully saturated rings. The van der Waals surface area contributed by atoms with Crippen molar-refractivity contribution in [2.24, 2.45) is 5.92 Å². The predicted octanol–water partition coefficient (Wildman–Crippen LogP) is 1.56. The average molecular weight is 303 g/mol. The highest BCUT2D eigenvalue weighted by molar-refractivity contribution is 7.18. The van der Waals surface area contributed by atoms with Crippen LogP contribution in [0.2, 0.25) is 0 Å². The summed E-state index contributed by atoms with van der Waals surface area (Å²) < 4.78 is 0. The van der Waals surface area contributed by atoms with Crippen molar-refractivity contribution >= 4 is 22.4 Å². The number of carbonyl (C=O) groups is 1. The van der Waals surface area contributed by atoms with E-state index in [-0.39, 0.29) is 11.8 Å². The average Bonchev–Trinajstić information content (AvgIpc) is 3.05. The van der Waals surface area contributed by atoms with E-state index >= 15 is 0 Å². The largest absolute Gasteiger partial charge is 0.359 e. The zero-order chi connectivity index (χ0) is 14.7. The molecule has 0 bridgehead atoms. The number of hydrogen-bond acceptors (Lipinski definition) is 6. The first-order valence-corrected chi connectivity index (χ1v) is 7.81. The van der Waals surface area contributed by atoms with Gasteiger partial charge in [-0.1, -0.05) is 17.4 Å². The first-order valence-electron chi connectivity index (χ1n) is 6.99. The fourth-order valence-corrected chi connectivity index (χ4v) is 3.36. The summed E-state index contributed by atoms with van der Waals surface area (Å²) in [5.74, 6) is 0.139. The minimum atomic E-state index is 0.0333. The standard InChI is InChI=1S/C14H17N5OS/c1-15-12(20)10-5-4-8-19(9-10)14-18-17-13(21-14)11-6-2-3-7-16-11/h2-3,6-7,10H,4-5,8-9H2,1H3,(H,15,20). The summed E-state index contributed by atoms with van der Waals surface area (Å²) in [6.07, 6.45) is 3.68. The molecule has 1 aliphatic heterocycles. The number of piperidine rings is 1. The Bertz CT molecular complexity index is 615. The van der Waals surface area contributed by atoms with E-state index in [0.29, 0.717) is 6.54 Å². The van der Waals surface area contributed by atoms with Gasteiger partial charge in [-0.25, -0.2) is 0 Å². The van der Waals surface area contributed by atoms with E-state index in [9.17, 15) is 4.79 Å². The Labute approximate surface area is 127 Å². The molecule has 21 heavy (non-hydrogen) atoms. The molecule has 1 aliphatic rings. The second-order valence-corrected chi connectivity index (χ2v) is 5.96. The summed E-state index contributed by atoms with van der Waals surface area (Å²) in [6.45, 7) is 1.63. The first-order chi connectivity index (χ1) is 10.3. The quantitative estimate of drug-likeness (QED) is 0.932. The summed E-state index contributed by atoms with van der Waals surface area (Å²) in [4.78, 5) is 18.2. The highest BCUT2D eigenvalue weighted by atomic mass is 32.1. The van der Waals surface area contributed by atoms with E-state index in [1.807, 2.05) is 18.2 Å². The third-order valence-corrected chi connectivity index (χ3v) is 4.61. The first kappa shape index (κ1) is 13.9. The Morgan fingerprint density at radius 3 is 3.10 bits per heavy atom. The van der Waals surface area contributed by atoms with Crippen molar-refractivity contribution in [1.82, 2.24) is 20.5 Å². The number of rotatable bonds is 3. The van der Waals surface area contributed by atoms with Crippen molar-refractivity contribution < 1.29 is 4.79 Å². The second-order valence-electron chi connectivity index (χ2n) is 5.00. The summed E-state index contributed by atoms with van der Waals surface area (Å²) in [5, 5.41) is 12.9. The Balaban J connectivity index is 1.75. The Kier molecular flexibility index (Phi) is 4.10. The summed E-state index contributed by atoms with van der Waals surface area (Å²) >= 11 is 1.52.